The van der Waals surface area contributed by atoms with Crippen molar-refractivity contribution in [3.8, 4) is 0 Å². The van der Waals surface area contributed by atoms with E-state index in [4.69, 9.17) is 5.14 Å². The molecule has 0 heterocycles. The average Bonchev–Trinajstić information content (AvgIpc) is 1.96. The first kappa shape index (κ1) is 14.9. The highest BCUT2D eigenvalue weighted by atomic mass is 32.2. The van der Waals surface area contributed by atoms with Gasteiger partial charge in [-0.15, -0.1) is 0 Å². The van der Waals surface area contributed by atoms with Gasteiger partial charge in [0, 0.05) is 0 Å². The van der Waals surface area contributed by atoms with Crippen LogP contribution < -0.4 is 5.14 Å². The molecule has 0 saturated heterocycles. The maximum Gasteiger partial charge on any atom is 0.212 e. The van der Waals surface area contributed by atoms with E-state index in [1.807, 2.05) is 20.8 Å². The second-order valence-electron chi connectivity index (χ2n) is 6.17. The smallest absolute Gasteiger partial charge is 0.212 e. The molecule has 0 aromatic heterocycles. The predicted octanol–water partition coefficient (Wildman–Crippen LogP) is 2.52. The van der Waals surface area contributed by atoms with E-state index in [1.54, 1.807) is 0 Å². The second-order valence-corrected chi connectivity index (χ2v) is 7.91. The molecule has 0 aliphatic carbocycles. The van der Waals surface area contributed by atoms with Gasteiger partial charge in [-0.1, -0.05) is 48.0 Å². The average molecular weight is 235 g/mol. The van der Waals surface area contributed by atoms with Crippen molar-refractivity contribution < 1.29 is 8.42 Å². The molecule has 0 aliphatic heterocycles. The molecule has 0 aromatic rings. The Balaban J connectivity index is 5.02. The third-order valence-electron chi connectivity index (χ3n) is 3.06. The maximum atomic E-state index is 11.5. The Bertz CT molecular complexity index is 299. The van der Waals surface area contributed by atoms with Crippen molar-refractivity contribution in [1.29, 1.82) is 0 Å². The summed E-state index contributed by atoms with van der Waals surface area (Å²) in [4.78, 5) is 0. The number of primary sulfonamides is 1. The largest absolute Gasteiger partial charge is 0.228 e. The molecule has 0 fully saturated rings. The summed E-state index contributed by atoms with van der Waals surface area (Å²) in [7, 11) is -3.47. The summed E-state index contributed by atoms with van der Waals surface area (Å²) in [6, 6.07) is 0. The lowest BCUT2D eigenvalue weighted by atomic mass is 9.78. The van der Waals surface area contributed by atoms with Crippen LogP contribution in [0.1, 0.15) is 54.4 Å². The molecule has 4 heteroatoms. The lowest BCUT2D eigenvalue weighted by molar-refractivity contribution is 0.250. The van der Waals surface area contributed by atoms with E-state index < -0.39 is 15.3 Å². The summed E-state index contributed by atoms with van der Waals surface area (Å²) in [6.45, 7) is 12.0. The number of rotatable bonds is 4. The zero-order chi connectivity index (χ0) is 12.5. The van der Waals surface area contributed by atoms with Crippen molar-refractivity contribution in [2.45, 2.75) is 59.6 Å². The van der Waals surface area contributed by atoms with Gasteiger partial charge in [0.2, 0.25) is 10.0 Å². The van der Waals surface area contributed by atoms with Crippen LogP contribution in [0, 0.1) is 10.8 Å². The fraction of sp³-hybridized carbons (Fsp3) is 1.00. The van der Waals surface area contributed by atoms with Crippen molar-refractivity contribution in [3.63, 3.8) is 0 Å². The van der Waals surface area contributed by atoms with Gasteiger partial charge in [0.25, 0.3) is 0 Å². The van der Waals surface area contributed by atoms with Crippen molar-refractivity contribution >= 4 is 10.0 Å². The van der Waals surface area contributed by atoms with Gasteiger partial charge in [-0.05, 0) is 17.3 Å². The van der Waals surface area contributed by atoms with Crippen LogP contribution in [0.2, 0.25) is 0 Å². The Hall–Kier alpha value is -0.0900. The third-order valence-corrected chi connectivity index (χ3v) is 4.72. The first-order valence-electron chi connectivity index (χ1n) is 5.42. The molecule has 0 aromatic carbocycles. The van der Waals surface area contributed by atoms with Gasteiger partial charge >= 0.3 is 0 Å². The molecular formula is C11H25NO2S. The molecular weight excluding hydrogens is 210 g/mol. The van der Waals surface area contributed by atoms with Crippen molar-refractivity contribution in [1.82, 2.24) is 0 Å². The zero-order valence-corrected chi connectivity index (χ0v) is 11.6. The predicted molar refractivity (Wildman–Crippen MR) is 65.0 cm³/mol. The van der Waals surface area contributed by atoms with Gasteiger partial charge in [-0.25, -0.2) is 13.6 Å². The Morgan fingerprint density at radius 3 is 1.73 bits per heavy atom. The molecule has 92 valence electrons. The van der Waals surface area contributed by atoms with Gasteiger partial charge < -0.3 is 0 Å². The van der Waals surface area contributed by atoms with E-state index in [1.165, 1.54) is 0 Å². The molecule has 0 bridgehead atoms. The quantitative estimate of drug-likeness (QED) is 0.814. The first-order valence-corrected chi connectivity index (χ1v) is 7.03. The van der Waals surface area contributed by atoms with Crippen LogP contribution in [0.25, 0.3) is 0 Å². The second kappa shape index (κ2) is 4.42. The fourth-order valence-corrected chi connectivity index (χ4v) is 3.23. The van der Waals surface area contributed by atoms with Crippen LogP contribution >= 0.6 is 0 Å². The molecule has 0 saturated carbocycles. The summed E-state index contributed by atoms with van der Waals surface area (Å²) in [5.74, 6) is 0. The zero-order valence-electron chi connectivity index (χ0n) is 10.8. The fourth-order valence-electron chi connectivity index (χ4n) is 1.56. The van der Waals surface area contributed by atoms with Crippen molar-refractivity contribution in [3.05, 3.63) is 0 Å². The van der Waals surface area contributed by atoms with E-state index in [9.17, 15) is 8.42 Å². The summed E-state index contributed by atoms with van der Waals surface area (Å²) in [6.07, 6.45) is 1.57. The standard InChI is InChI=1S/C11H25NO2S/c1-7-11(5,6)8-9(10(2,3)4)15(12,13)14/h9H,7-8H2,1-6H3,(H2,12,13,14). The topological polar surface area (TPSA) is 60.2 Å². The van der Waals surface area contributed by atoms with Crippen LogP contribution in [0.15, 0.2) is 0 Å². The van der Waals surface area contributed by atoms with Crippen LogP contribution in [-0.4, -0.2) is 13.7 Å². The van der Waals surface area contributed by atoms with Gasteiger partial charge in [-0.2, -0.15) is 0 Å². The van der Waals surface area contributed by atoms with Gasteiger partial charge in [0.1, 0.15) is 0 Å². The number of sulfonamides is 1. The molecule has 1 unspecified atom stereocenters. The Morgan fingerprint density at radius 1 is 1.13 bits per heavy atom. The number of nitrogens with two attached hydrogens (primary N) is 1. The van der Waals surface area contributed by atoms with E-state index in [0.29, 0.717) is 6.42 Å². The number of hydrogen-bond donors (Lipinski definition) is 1. The van der Waals surface area contributed by atoms with Crippen LogP contribution in [0.5, 0.6) is 0 Å². The minimum Gasteiger partial charge on any atom is -0.228 e. The molecule has 0 rings (SSSR count). The molecule has 0 radical (unpaired) electrons. The Kier molecular flexibility index (Phi) is 4.39. The molecule has 3 nitrogen and oxygen atoms in total. The normalized spacial score (nSPS) is 16.5. The van der Waals surface area contributed by atoms with E-state index in [-0.39, 0.29) is 10.8 Å². The summed E-state index contributed by atoms with van der Waals surface area (Å²) < 4.78 is 23.1. The Morgan fingerprint density at radius 2 is 1.53 bits per heavy atom. The van der Waals surface area contributed by atoms with E-state index >= 15 is 0 Å². The van der Waals surface area contributed by atoms with Crippen LogP contribution in [0.4, 0.5) is 0 Å². The minimum absolute atomic E-state index is 0.0182. The summed E-state index contributed by atoms with van der Waals surface area (Å²) >= 11 is 0. The lowest BCUT2D eigenvalue weighted by Crippen LogP contribution is -2.41. The third kappa shape index (κ3) is 4.98. The van der Waals surface area contributed by atoms with Crippen LogP contribution in [0.3, 0.4) is 0 Å². The molecule has 15 heavy (non-hydrogen) atoms. The highest BCUT2D eigenvalue weighted by Gasteiger charge is 2.37. The molecule has 0 amide bonds. The molecule has 0 spiro atoms. The lowest BCUT2D eigenvalue weighted by Gasteiger charge is -2.35. The van der Waals surface area contributed by atoms with E-state index in [2.05, 4.69) is 20.8 Å². The first-order chi connectivity index (χ1) is 6.40. The van der Waals surface area contributed by atoms with Crippen LogP contribution in [-0.2, 0) is 10.0 Å². The highest BCUT2D eigenvalue weighted by molar-refractivity contribution is 7.89. The monoisotopic (exact) mass is 235 g/mol. The van der Waals surface area contributed by atoms with Crippen molar-refractivity contribution in [2.75, 3.05) is 0 Å². The molecule has 2 N–H and O–H groups in total. The number of hydrogen-bond acceptors (Lipinski definition) is 2. The van der Waals surface area contributed by atoms with Crippen molar-refractivity contribution in [2.24, 2.45) is 16.0 Å². The highest BCUT2D eigenvalue weighted by Crippen LogP contribution is 2.36. The van der Waals surface area contributed by atoms with Gasteiger partial charge in [0.15, 0.2) is 0 Å². The van der Waals surface area contributed by atoms with Gasteiger partial charge in [0.05, 0.1) is 5.25 Å². The molecule has 0 aliphatic rings. The Labute approximate surface area is 94.5 Å². The minimum atomic E-state index is -3.47. The maximum absolute atomic E-state index is 11.5. The van der Waals surface area contributed by atoms with E-state index in [0.717, 1.165) is 6.42 Å². The SMILES string of the molecule is CCC(C)(C)CC(C(C)(C)C)S(N)(=O)=O. The molecule has 1 atom stereocenters. The summed E-state index contributed by atoms with van der Waals surface area (Å²) in [5.41, 5.74) is -0.287. The summed E-state index contributed by atoms with van der Waals surface area (Å²) in [5, 5.41) is 4.83. The van der Waals surface area contributed by atoms with Gasteiger partial charge in [-0.3, -0.25) is 0 Å².